The first-order valence-corrected chi connectivity index (χ1v) is 8.49. The molecule has 0 aromatic carbocycles. The Morgan fingerprint density at radius 2 is 1.90 bits per heavy atom. The molecule has 2 aliphatic rings. The van der Waals surface area contributed by atoms with Gasteiger partial charge >= 0.3 is 0 Å². The summed E-state index contributed by atoms with van der Waals surface area (Å²) in [6.45, 7) is 7.64. The second kappa shape index (κ2) is 6.25. The van der Waals surface area contributed by atoms with Crippen molar-refractivity contribution in [3.63, 3.8) is 0 Å². The number of ether oxygens (including phenoxy) is 1. The summed E-state index contributed by atoms with van der Waals surface area (Å²) in [6, 6.07) is 0. The summed E-state index contributed by atoms with van der Waals surface area (Å²) in [6.07, 6.45) is 7.19. The first kappa shape index (κ1) is 16.8. The number of rotatable bonds is 5. The highest BCUT2D eigenvalue weighted by molar-refractivity contribution is 5.88. The molecular formula is C17H32N2O2. The largest absolute Gasteiger partial charge is 0.378 e. The van der Waals surface area contributed by atoms with Crippen LogP contribution in [0.4, 0.5) is 0 Å². The van der Waals surface area contributed by atoms with Crippen LogP contribution in [-0.4, -0.2) is 42.6 Å². The fourth-order valence-corrected chi connectivity index (χ4v) is 3.98. The molecule has 4 nitrogen and oxygen atoms in total. The van der Waals surface area contributed by atoms with Gasteiger partial charge in [0.2, 0.25) is 5.91 Å². The van der Waals surface area contributed by atoms with Crippen LogP contribution in [0.1, 0.15) is 59.3 Å². The molecule has 0 bridgehead atoms. The van der Waals surface area contributed by atoms with Gasteiger partial charge in [0, 0.05) is 32.0 Å². The van der Waals surface area contributed by atoms with Crippen LogP contribution >= 0.6 is 0 Å². The van der Waals surface area contributed by atoms with E-state index in [1.54, 1.807) is 0 Å². The average molecular weight is 296 g/mol. The number of hydrogen-bond acceptors (Lipinski definition) is 3. The summed E-state index contributed by atoms with van der Waals surface area (Å²) >= 11 is 0. The van der Waals surface area contributed by atoms with Crippen LogP contribution in [0.25, 0.3) is 0 Å². The molecule has 0 radical (unpaired) electrons. The lowest BCUT2D eigenvalue weighted by atomic mass is 9.54. The lowest BCUT2D eigenvalue weighted by Gasteiger charge is -2.58. The smallest absolute Gasteiger partial charge is 0.243 e. The van der Waals surface area contributed by atoms with E-state index >= 15 is 0 Å². The van der Waals surface area contributed by atoms with Gasteiger partial charge in [0.1, 0.15) is 5.54 Å². The van der Waals surface area contributed by atoms with Gasteiger partial charge in [0.05, 0.1) is 6.10 Å². The van der Waals surface area contributed by atoms with Crippen molar-refractivity contribution < 1.29 is 9.53 Å². The molecule has 0 aromatic rings. The van der Waals surface area contributed by atoms with Crippen LogP contribution < -0.4 is 5.73 Å². The third-order valence-corrected chi connectivity index (χ3v) is 5.82. The molecule has 2 saturated carbocycles. The monoisotopic (exact) mass is 296 g/mol. The van der Waals surface area contributed by atoms with E-state index in [9.17, 15) is 4.79 Å². The quantitative estimate of drug-likeness (QED) is 0.848. The number of hydrogen-bond donors (Lipinski definition) is 1. The molecule has 2 unspecified atom stereocenters. The van der Waals surface area contributed by atoms with Crippen LogP contribution in [0, 0.1) is 11.3 Å². The molecule has 4 heteroatoms. The zero-order valence-corrected chi connectivity index (χ0v) is 14.2. The molecular weight excluding hydrogens is 264 g/mol. The molecule has 0 heterocycles. The van der Waals surface area contributed by atoms with Gasteiger partial charge in [-0.25, -0.2) is 0 Å². The third-order valence-electron chi connectivity index (χ3n) is 5.82. The lowest BCUT2D eigenvalue weighted by molar-refractivity contribution is -0.178. The standard InChI is InChI=1S/C17H32N2O2/c1-5-21-14-11-17(18,16(14,2)3)15(20)19(4)12-13-9-7-6-8-10-13/h13-14H,5-12,18H2,1-4H3. The van der Waals surface area contributed by atoms with Gasteiger partial charge in [-0.1, -0.05) is 33.1 Å². The molecule has 0 aliphatic heterocycles. The van der Waals surface area contributed by atoms with E-state index in [4.69, 9.17) is 10.5 Å². The lowest BCUT2D eigenvalue weighted by Crippen LogP contribution is -2.75. The summed E-state index contributed by atoms with van der Waals surface area (Å²) in [4.78, 5) is 14.7. The number of nitrogens with zero attached hydrogens (tertiary/aromatic N) is 1. The molecule has 1 amide bonds. The van der Waals surface area contributed by atoms with Gasteiger partial charge in [0.25, 0.3) is 0 Å². The Morgan fingerprint density at radius 3 is 2.43 bits per heavy atom. The van der Waals surface area contributed by atoms with Gasteiger partial charge in [-0.05, 0) is 25.7 Å². The molecule has 2 aliphatic carbocycles. The predicted octanol–water partition coefficient (Wildman–Crippen LogP) is 2.56. The van der Waals surface area contributed by atoms with Gasteiger partial charge in [-0.2, -0.15) is 0 Å². The average Bonchev–Trinajstić information content (AvgIpc) is 2.47. The summed E-state index contributed by atoms with van der Waals surface area (Å²) in [5.41, 5.74) is 5.42. The van der Waals surface area contributed by atoms with E-state index < -0.39 is 5.54 Å². The van der Waals surface area contributed by atoms with Crippen molar-refractivity contribution in [2.75, 3.05) is 20.2 Å². The number of likely N-dealkylation sites (N-methyl/N-ethyl adjacent to an activating group) is 1. The zero-order chi connectivity index (χ0) is 15.7. The van der Waals surface area contributed by atoms with Crippen molar-refractivity contribution in [3.05, 3.63) is 0 Å². The maximum atomic E-state index is 12.8. The first-order valence-electron chi connectivity index (χ1n) is 8.49. The minimum Gasteiger partial charge on any atom is -0.378 e. The fraction of sp³-hybridized carbons (Fsp3) is 0.941. The maximum absolute atomic E-state index is 12.8. The Labute approximate surface area is 129 Å². The van der Waals surface area contributed by atoms with Crippen LogP contribution in [0.3, 0.4) is 0 Å². The summed E-state index contributed by atoms with van der Waals surface area (Å²) < 4.78 is 5.72. The maximum Gasteiger partial charge on any atom is 0.243 e. The molecule has 2 atom stereocenters. The Kier molecular flexibility index (Phi) is 4.99. The summed E-state index contributed by atoms with van der Waals surface area (Å²) in [7, 11) is 1.91. The summed E-state index contributed by atoms with van der Waals surface area (Å²) in [5.74, 6) is 0.746. The van der Waals surface area contributed by atoms with Crippen molar-refractivity contribution in [3.8, 4) is 0 Å². The topological polar surface area (TPSA) is 55.6 Å². The molecule has 2 fully saturated rings. The Hall–Kier alpha value is -0.610. The van der Waals surface area contributed by atoms with Gasteiger partial charge < -0.3 is 15.4 Å². The summed E-state index contributed by atoms with van der Waals surface area (Å²) in [5, 5.41) is 0. The predicted molar refractivity (Wildman–Crippen MR) is 84.9 cm³/mol. The Balaban J connectivity index is 1.95. The van der Waals surface area contributed by atoms with Crippen molar-refractivity contribution in [1.29, 1.82) is 0 Å². The van der Waals surface area contributed by atoms with Crippen LogP contribution in [0.5, 0.6) is 0 Å². The Bertz CT molecular complexity index is 377. The van der Waals surface area contributed by atoms with E-state index in [1.807, 2.05) is 18.9 Å². The fourth-order valence-electron chi connectivity index (χ4n) is 3.98. The van der Waals surface area contributed by atoms with E-state index in [0.29, 0.717) is 18.9 Å². The normalized spacial score (nSPS) is 32.5. The van der Waals surface area contributed by atoms with Crippen LogP contribution in [-0.2, 0) is 9.53 Å². The van der Waals surface area contributed by atoms with E-state index in [1.165, 1.54) is 32.1 Å². The van der Waals surface area contributed by atoms with Crippen LogP contribution in [0.2, 0.25) is 0 Å². The highest BCUT2D eigenvalue weighted by atomic mass is 16.5. The first-order chi connectivity index (χ1) is 9.83. The molecule has 0 saturated heterocycles. The molecule has 21 heavy (non-hydrogen) atoms. The number of carbonyl (C=O) groups excluding carboxylic acids is 1. The van der Waals surface area contributed by atoms with E-state index in [2.05, 4.69) is 13.8 Å². The molecule has 122 valence electrons. The highest BCUT2D eigenvalue weighted by Crippen LogP contribution is 2.50. The minimum atomic E-state index is -0.768. The minimum absolute atomic E-state index is 0.0917. The molecule has 0 spiro atoms. The zero-order valence-electron chi connectivity index (χ0n) is 14.2. The molecule has 2 rings (SSSR count). The second-order valence-corrected chi connectivity index (χ2v) is 7.53. The van der Waals surface area contributed by atoms with Crippen molar-refractivity contribution >= 4 is 5.91 Å². The van der Waals surface area contributed by atoms with Gasteiger partial charge in [0.15, 0.2) is 0 Å². The number of carbonyl (C=O) groups is 1. The number of nitrogens with two attached hydrogens (primary N) is 1. The van der Waals surface area contributed by atoms with E-state index in [-0.39, 0.29) is 17.4 Å². The van der Waals surface area contributed by atoms with Crippen molar-refractivity contribution in [2.45, 2.75) is 70.9 Å². The second-order valence-electron chi connectivity index (χ2n) is 7.53. The van der Waals surface area contributed by atoms with E-state index in [0.717, 1.165) is 6.54 Å². The van der Waals surface area contributed by atoms with Crippen molar-refractivity contribution in [2.24, 2.45) is 17.1 Å². The molecule has 0 aromatic heterocycles. The highest BCUT2D eigenvalue weighted by Gasteiger charge is 2.63. The Morgan fingerprint density at radius 1 is 1.29 bits per heavy atom. The SMILES string of the molecule is CCOC1CC(N)(C(=O)N(C)CC2CCCCC2)C1(C)C. The van der Waals surface area contributed by atoms with Gasteiger partial charge in [-0.15, -0.1) is 0 Å². The van der Waals surface area contributed by atoms with Gasteiger partial charge in [-0.3, -0.25) is 4.79 Å². The number of amides is 1. The third kappa shape index (κ3) is 2.98. The molecule has 2 N–H and O–H groups in total. The van der Waals surface area contributed by atoms with Crippen molar-refractivity contribution in [1.82, 2.24) is 4.90 Å². The van der Waals surface area contributed by atoms with Crippen LogP contribution in [0.15, 0.2) is 0 Å².